The molecule has 0 fully saturated rings. The lowest BCUT2D eigenvalue weighted by Crippen LogP contribution is -2.31. The molecule has 0 saturated heterocycles. The van der Waals surface area contributed by atoms with Gasteiger partial charge in [0.25, 0.3) is 0 Å². The predicted octanol–water partition coefficient (Wildman–Crippen LogP) is 3.89. The first-order valence-electron chi connectivity index (χ1n) is 12.0. The van der Waals surface area contributed by atoms with Gasteiger partial charge in [0.2, 0.25) is 10.0 Å². The zero-order chi connectivity index (χ0) is 26.0. The molecule has 192 valence electrons. The molecule has 8 nitrogen and oxygen atoms in total. The highest BCUT2D eigenvalue weighted by atomic mass is 32.2. The predicted molar refractivity (Wildman–Crippen MR) is 138 cm³/mol. The van der Waals surface area contributed by atoms with Crippen LogP contribution in [-0.2, 0) is 32.6 Å². The van der Waals surface area contributed by atoms with Gasteiger partial charge in [-0.3, -0.25) is 4.90 Å². The van der Waals surface area contributed by atoms with Crippen molar-refractivity contribution >= 4 is 32.7 Å². The van der Waals surface area contributed by atoms with Crippen LogP contribution in [0.1, 0.15) is 36.8 Å². The number of rotatable bonds is 9. The Bertz CT molecular complexity index is 1280. The zero-order valence-electron chi connectivity index (χ0n) is 20.1. The average Bonchev–Trinajstić information content (AvgIpc) is 2.88. The Labute approximate surface area is 211 Å². The van der Waals surface area contributed by atoms with Crippen molar-refractivity contribution in [3.8, 4) is 0 Å². The van der Waals surface area contributed by atoms with E-state index < -0.39 is 22.0 Å². The summed E-state index contributed by atoms with van der Waals surface area (Å²) in [6.07, 6.45) is 5.36. The van der Waals surface area contributed by atoms with Crippen molar-refractivity contribution in [3.05, 3.63) is 77.9 Å². The van der Waals surface area contributed by atoms with Crippen LogP contribution in [0.3, 0.4) is 0 Å². The fourth-order valence-electron chi connectivity index (χ4n) is 4.18. The minimum absolute atomic E-state index is 0.339. The second-order valence-corrected chi connectivity index (χ2v) is 10.5. The molecular formula is C27H32N2O6S. The molecule has 9 heteroatoms. The van der Waals surface area contributed by atoms with Crippen molar-refractivity contribution < 1.29 is 28.2 Å². The lowest BCUT2D eigenvalue weighted by Gasteiger charge is -2.28. The molecule has 36 heavy (non-hydrogen) atoms. The molecule has 0 atom stereocenters. The van der Waals surface area contributed by atoms with E-state index in [0.29, 0.717) is 11.4 Å². The van der Waals surface area contributed by atoms with Gasteiger partial charge in [0.05, 0.1) is 4.90 Å². The van der Waals surface area contributed by atoms with Crippen molar-refractivity contribution in [2.45, 2.75) is 43.5 Å². The number of carboxylic acids is 2. The number of nitrogens with one attached hydrogen (secondary N) is 1. The van der Waals surface area contributed by atoms with E-state index in [2.05, 4.69) is 33.9 Å². The third kappa shape index (κ3) is 8.15. The molecular weight excluding hydrogens is 480 g/mol. The van der Waals surface area contributed by atoms with E-state index in [9.17, 15) is 8.42 Å². The third-order valence-corrected chi connectivity index (χ3v) is 7.58. The van der Waals surface area contributed by atoms with Crippen LogP contribution in [0.25, 0.3) is 10.8 Å². The highest BCUT2D eigenvalue weighted by Gasteiger charge is 2.15. The highest BCUT2D eigenvalue weighted by Crippen LogP contribution is 2.20. The van der Waals surface area contributed by atoms with E-state index in [-0.39, 0.29) is 0 Å². The summed E-state index contributed by atoms with van der Waals surface area (Å²) in [6.45, 7) is 3.81. The number of hydrogen-bond acceptors (Lipinski definition) is 5. The van der Waals surface area contributed by atoms with Crippen LogP contribution in [0.2, 0.25) is 0 Å². The normalized spacial score (nSPS) is 13.4. The van der Waals surface area contributed by atoms with Crippen LogP contribution < -0.4 is 4.72 Å². The van der Waals surface area contributed by atoms with Crippen LogP contribution in [0.4, 0.5) is 0 Å². The van der Waals surface area contributed by atoms with E-state index in [0.717, 1.165) is 56.1 Å². The standard InChI is InChI=1S/C25H30N2O2S.C2H2O4/c28-30(29,25-14-13-21-9-3-5-11-23(21)19-25)26-16-7-1-2-8-17-27-18-15-22-10-4-6-12-24(22)20-27;3-1(4)2(5)6/h3-6,9-14,19,26H,1-2,7-8,15-18,20H2;(H,3,4)(H,5,6). The zero-order valence-corrected chi connectivity index (χ0v) is 20.9. The molecule has 0 amide bonds. The largest absolute Gasteiger partial charge is 0.473 e. The van der Waals surface area contributed by atoms with Crippen molar-refractivity contribution in [1.82, 2.24) is 9.62 Å². The first kappa shape index (κ1) is 27.3. The van der Waals surface area contributed by atoms with E-state index in [1.807, 2.05) is 30.3 Å². The smallest absolute Gasteiger partial charge is 0.414 e. The number of nitrogens with zero attached hydrogens (tertiary/aromatic N) is 1. The second kappa shape index (κ2) is 13.2. The fourth-order valence-corrected chi connectivity index (χ4v) is 5.29. The van der Waals surface area contributed by atoms with Crippen molar-refractivity contribution in [2.75, 3.05) is 19.6 Å². The average molecular weight is 513 g/mol. The fraction of sp³-hybridized carbons (Fsp3) is 0.333. The Balaban J connectivity index is 0.000000538. The number of sulfonamides is 1. The summed E-state index contributed by atoms with van der Waals surface area (Å²) < 4.78 is 27.9. The van der Waals surface area contributed by atoms with Crippen LogP contribution in [0.5, 0.6) is 0 Å². The van der Waals surface area contributed by atoms with Gasteiger partial charge < -0.3 is 10.2 Å². The molecule has 0 spiro atoms. The second-order valence-electron chi connectivity index (χ2n) is 8.73. The number of unbranched alkanes of at least 4 members (excludes halogenated alkanes) is 3. The molecule has 3 aromatic carbocycles. The molecule has 0 radical (unpaired) electrons. The van der Waals surface area contributed by atoms with E-state index in [1.54, 1.807) is 12.1 Å². The van der Waals surface area contributed by atoms with Gasteiger partial charge >= 0.3 is 11.9 Å². The molecule has 0 aromatic heterocycles. The molecule has 4 rings (SSSR count). The summed E-state index contributed by atoms with van der Waals surface area (Å²) in [5.41, 5.74) is 2.96. The van der Waals surface area contributed by atoms with E-state index >= 15 is 0 Å². The monoisotopic (exact) mass is 512 g/mol. The SMILES string of the molecule is O=C(O)C(=O)O.O=S(=O)(NCCCCCCN1CCc2ccccc2C1)c1ccc2ccccc2c1. The number of carboxylic acid groups (broad SMARTS) is 2. The Morgan fingerprint density at radius 1 is 0.806 bits per heavy atom. The Kier molecular flexibility index (Phi) is 9.98. The maximum absolute atomic E-state index is 12.6. The third-order valence-electron chi connectivity index (χ3n) is 6.12. The quantitative estimate of drug-likeness (QED) is 0.293. The molecule has 1 aliphatic heterocycles. The molecule has 0 bridgehead atoms. The van der Waals surface area contributed by atoms with Gasteiger partial charge in [0.1, 0.15) is 0 Å². The molecule has 1 aliphatic rings. The summed E-state index contributed by atoms with van der Waals surface area (Å²) in [5, 5.41) is 16.8. The van der Waals surface area contributed by atoms with Gasteiger partial charge in [-0.05, 0) is 59.8 Å². The summed E-state index contributed by atoms with van der Waals surface area (Å²) >= 11 is 0. The lowest BCUT2D eigenvalue weighted by molar-refractivity contribution is -0.159. The van der Waals surface area contributed by atoms with Gasteiger partial charge in [-0.15, -0.1) is 0 Å². The topological polar surface area (TPSA) is 124 Å². The summed E-state index contributed by atoms with van der Waals surface area (Å²) in [6, 6.07) is 21.8. The first-order chi connectivity index (χ1) is 17.3. The minimum atomic E-state index is -3.45. The summed E-state index contributed by atoms with van der Waals surface area (Å²) in [7, 11) is -3.45. The maximum Gasteiger partial charge on any atom is 0.414 e. The van der Waals surface area contributed by atoms with Gasteiger partial charge in [-0.25, -0.2) is 22.7 Å². The van der Waals surface area contributed by atoms with Crippen molar-refractivity contribution in [1.29, 1.82) is 0 Å². The van der Waals surface area contributed by atoms with Crippen LogP contribution in [0.15, 0.2) is 71.6 Å². The number of fused-ring (bicyclic) bond motifs is 2. The van der Waals surface area contributed by atoms with Crippen molar-refractivity contribution in [2.24, 2.45) is 0 Å². The minimum Gasteiger partial charge on any atom is -0.473 e. The number of hydrogen-bond donors (Lipinski definition) is 3. The molecule has 3 N–H and O–H groups in total. The molecule has 3 aromatic rings. The van der Waals surface area contributed by atoms with Gasteiger partial charge in [-0.2, -0.15) is 0 Å². The van der Waals surface area contributed by atoms with E-state index in [1.165, 1.54) is 17.5 Å². The number of carbonyl (C=O) groups is 2. The summed E-state index contributed by atoms with van der Waals surface area (Å²) in [5.74, 6) is -3.65. The van der Waals surface area contributed by atoms with E-state index in [4.69, 9.17) is 19.8 Å². The van der Waals surface area contributed by atoms with Gasteiger partial charge in [0, 0.05) is 19.6 Å². The Morgan fingerprint density at radius 2 is 1.44 bits per heavy atom. The van der Waals surface area contributed by atoms with Gasteiger partial charge in [-0.1, -0.05) is 67.4 Å². The van der Waals surface area contributed by atoms with Crippen LogP contribution in [0, 0.1) is 0 Å². The van der Waals surface area contributed by atoms with Crippen LogP contribution >= 0.6 is 0 Å². The Morgan fingerprint density at radius 3 is 2.17 bits per heavy atom. The maximum atomic E-state index is 12.6. The molecule has 1 heterocycles. The molecule has 0 aliphatic carbocycles. The Hall–Kier alpha value is -3.27. The first-order valence-corrected chi connectivity index (χ1v) is 13.5. The molecule has 0 saturated carbocycles. The summed E-state index contributed by atoms with van der Waals surface area (Å²) in [4.78, 5) is 21.1. The lowest BCUT2D eigenvalue weighted by atomic mass is 10.00. The highest BCUT2D eigenvalue weighted by molar-refractivity contribution is 7.89. The molecule has 0 unspecified atom stereocenters. The van der Waals surface area contributed by atoms with Crippen LogP contribution in [-0.4, -0.2) is 55.1 Å². The number of benzene rings is 3. The number of aliphatic carboxylic acids is 2. The van der Waals surface area contributed by atoms with Crippen molar-refractivity contribution in [3.63, 3.8) is 0 Å². The van der Waals surface area contributed by atoms with Gasteiger partial charge in [0.15, 0.2) is 0 Å².